The highest BCUT2D eigenvalue weighted by Gasteiger charge is 2.29. The highest BCUT2D eigenvalue weighted by atomic mass is 35.5. The summed E-state index contributed by atoms with van der Waals surface area (Å²) in [7, 11) is -2.71. The summed E-state index contributed by atoms with van der Waals surface area (Å²) in [6, 6.07) is 18.6. The summed E-state index contributed by atoms with van der Waals surface area (Å²) in [6.07, 6.45) is 0. The van der Waals surface area contributed by atoms with Gasteiger partial charge >= 0.3 is 0 Å². The number of aryl methyl sites for hydroxylation is 2. The Balaban J connectivity index is 1.95. The van der Waals surface area contributed by atoms with Gasteiger partial charge in [0.2, 0.25) is 0 Å². The minimum absolute atomic E-state index is 0.0345. The van der Waals surface area contributed by atoms with Crippen LogP contribution >= 0.6 is 11.6 Å². The van der Waals surface area contributed by atoms with Crippen LogP contribution in [0.5, 0.6) is 5.75 Å². The van der Waals surface area contributed by atoms with E-state index in [0.29, 0.717) is 10.7 Å². The summed E-state index contributed by atoms with van der Waals surface area (Å²) >= 11 is 6.15. The van der Waals surface area contributed by atoms with Crippen molar-refractivity contribution in [1.29, 1.82) is 0 Å². The van der Waals surface area contributed by atoms with Gasteiger partial charge in [0, 0.05) is 5.02 Å². The number of hydrogen-bond acceptors (Lipinski definition) is 5. The van der Waals surface area contributed by atoms with Crippen LogP contribution in [0, 0.1) is 13.8 Å². The van der Waals surface area contributed by atoms with Gasteiger partial charge in [-0.1, -0.05) is 59.1 Å². The number of carbonyl (C=O) groups excluding carboxylic acids is 1. The zero-order valence-corrected chi connectivity index (χ0v) is 20.9. The molecule has 1 N–H and O–H groups in total. The fourth-order valence-electron chi connectivity index (χ4n) is 3.17. The lowest BCUT2D eigenvalue weighted by Crippen LogP contribution is -2.40. The molecular weight excluding hydrogens is 474 g/mol. The van der Waals surface area contributed by atoms with Gasteiger partial charge in [-0.05, 0) is 56.7 Å². The van der Waals surface area contributed by atoms with Crippen LogP contribution in [-0.2, 0) is 14.8 Å². The van der Waals surface area contributed by atoms with Crippen LogP contribution in [0.25, 0.3) is 0 Å². The molecule has 0 aliphatic carbocycles. The standard InChI is InChI=1S/C25H26ClN3O4S/c1-17-5-9-20(10-6-17)19(3)27-28-25(30)16-29(23-15-21(26)11-14-24(23)33-4)34(31,32)22-12-7-18(2)8-13-22/h5-15H,16H2,1-4H3,(H,28,30)/b27-19-. The third kappa shape index (κ3) is 5.95. The van der Waals surface area contributed by atoms with E-state index in [2.05, 4.69) is 10.5 Å². The average molecular weight is 500 g/mol. The zero-order chi connectivity index (χ0) is 24.9. The molecule has 0 saturated heterocycles. The molecule has 0 saturated carbocycles. The SMILES string of the molecule is COc1ccc(Cl)cc1N(CC(=O)N/N=C(/C)c1ccc(C)cc1)S(=O)(=O)c1ccc(C)cc1. The molecule has 0 unspecified atom stereocenters. The van der Waals surface area contributed by atoms with Gasteiger partial charge in [0.25, 0.3) is 15.9 Å². The van der Waals surface area contributed by atoms with Crippen LogP contribution in [0.15, 0.2) is 76.7 Å². The molecule has 3 aromatic carbocycles. The fourth-order valence-corrected chi connectivity index (χ4v) is 4.76. The molecule has 0 aromatic heterocycles. The van der Waals surface area contributed by atoms with E-state index in [1.807, 2.05) is 38.1 Å². The second-order valence-corrected chi connectivity index (χ2v) is 10.0. The van der Waals surface area contributed by atoms with Crippen molar-refractivity contribution in [3.63, 3.8) is 0 Å². The molecule has 9 heteroatoms. The number of nitrogens with one attached hydrogen (secondary N) is 1. The first-order valence-corrected chi connectivity index (χ1v) is 12.3. The Morgan fingerprint density at radius 1 is 1.00 bits per heavy atom. The minimum atomic E-state index is -4.13. The maximum atomic E-state index is 13.6. The van der Waals surface area contributed by atoms with Crippen LogP contribution in [0.4, 0.5) is 5.69 Å². The number of nitrogens with zero attached hydrogens (tertiary/aromatic N) is 2. The molecule has 178 valence electrons. The monoisotopic (exact) mass is 499 g/mol. The maximum Gasteiger partial charge on any atom is 0.264 e. The first-order valence-electron chi connectivity index (χ1n) is 10.4. The number of rotatable bonds is 8. The van der Waals surface area contributed by atoms with E-state index in [9.17, 15) is 13.2 Å². The lowest BCUT2D eigenvalue weighted by atomic mass is 10.1. The van der Waals surface area contributed by atoms with Crippen LogP contribution < -0.4 is 14.5 Å². The quantitative estimate of drug-likeness (QED) is 0.359. The normalized spacial score (nSPS) is 11.7. The molecule has 0 aliphatic rings. The Kier molecular flexibility index (Phi) is 7.96. The van der Waals surface area contributed by atoms with Crippen molar-refractivity contribution in [1.82, 2.24) is 5.43 Å². The van der Waals surface area contributed by atoms with Crippen LogP contribution in [0.3, 0.4) is 0 Å². The second kappa shape index (κ2) is 10.7. The lowest BCUT2D eigenvalue weighted by molar-refractivity contribution is -0.119. The molecule has 0 spiro atoms. The van der Waals surface area contributed by atoms with Crippen molar-refractivity contribution >= 4 is 38.9 Å². The van der Waals surface area contributed by atoms with E-state index in [1.54, 1.807) is 31.2 Å². The Morgan fingerprint density at radius 2 is 1.59 bits per heavy atom. The second-order valence-electron chi connectivity index (χ2n) is 7.74. The van der Waals surface area contributed by atoms with Gasteiger partial charge in [-0.15, -0.1) is 0 Å². The summed E-state index contributed by atoms with van der Waals surface area (Å²) < 4.78 is 33.4. The number of anilines is 1. The Hall–Kier alpha value is -3.36. The summed E-state index contributed by atoms with van der Waals surface area (Å²) in [5.41, 5.74) is 6.03. The molecule has 34 heavy (non-hydrogen) atoms. The van der Waals surface area contributed by atoms with Gasteiger partial charge in [0.1, 0.15) is 12.3 Å². The van der Waals surface area contributed by atoms with Crippen molar-refractivity contribution in [2.24, 2.45) is 5.10 Å². The van der Waals surface area contributed by atoms with Crippen LogP contribution in [0.1, 0.15) is 23.6 Å². The molecule has 3 rings (SSSR count). The van der Waals surface area contributed by atoms with Crippen LogP contribution in [0.2, 0.25) is 5.02 Å². The van der Waals surface area contributed by atoms with E-state index >= 15 is 0 Å². The molecule has 0 atom stereocenters. The Labute approximate surface area is 205 Å². The van der Waals surface area contributed by atoms with Gasteiger partial charge < -0.3 is 4.74 Å². The molecular formula is C25H26ClN3O4S. The number of halogens is 1. The number of hydrazone groups is 1. The smallest absolute Gasteiger partial charge is 0.264 e. The third-order valence-electron chi connectivity index (χ3n) is 5.12. The highest BCUT2D eigenvalue weighted by molar-refractivity contribution is 7.92. The highest BCUT2D eigenvalue weighted by Crippen LogP contribution is 2.34. The maximum absolute atomic E-state index is 13.6. The van der Waals surface area contributed by atoms with Gasteiger partial charge in [-0.25, -0.2) is 13.8 Å². The molecule has 0 heterocycles. The number of amides is 1. The number of methoxy groups -OCH3 is 1. The van der Waals surface area contributed by atoms with E-state index in [0.717, 1.165) is 21.0 Å². The van der Waals surface area contributed by atoms with Gasteiger partial charge in [-0.2, -0.15) is 5.10 Å². The lowest BCUT2D eigenvalue weighted by Gasteiger charge is -2.25. The van der Waals surface area contributed by atoms with Crippen molar-refractivity contribution < 1.29 is 17.9 Å². The summed E-state index contributed by atoms with van der Waals surface area (Å²) in [4.78, 5) is 12.9. The Bertz CT molecular complexity index is 1300. The van der Waals surface area contributed by atoms with Crippen molar-refractivity contribution in [2.45, 2.75) is 25.7 Å². The van der Waals surface area contributed by atoms with Crippen molar-refractivity contribution in [2.75, 3.05) is 18.0 Å². The van der Waals surface area contributed by atoms with Gasteiger partial charge in [-0.3, -0.25) is 9.10 Å². The van der Waals surface area contributed by atoms with E-state index in [4.69, 9.17) is 16.3 Å². The Morgan fingerprint density at radius 3 is 2.18 bits per heavy atom. The molecule has 0 fully saturated rings. The van der Waals surface area contributed by atoms with Crippen molar-refractivity contribution in [3.05, 3.63) is 88.4 Å². The third-order valence-corrected chi connectivity index (χ3v) is 7.13. The largest absolute Gasteiger partial charge is 0.495 e. The number of benzene rings is 3. The summed E-state index contributed by atoms with van der Waals surface area (Å²) in [5.74, 6) is -0.364. The van der Waals surface area contributed by atoms with E-state index in [-0.39, 0.29) is 16.3 Å². The minimum Gasteiger partial charge on any atom is -0.495 e. The molecule has 7 nitrogen and oxygen atoms in total. The topological polar surface area (TPSA) is 88.1 Å². The number of sulfonamides is 1. The molecule has 0 radical (unpaired) electrons. The molecule has 0 bridgehead atoms. The molecule has 3 aromatic rings. The number of hydrogen-bond donors (Lipinski definition) is 1. The van der Waals surface area contributed by atoms with E-state index in [1.165, 1.54) is 25.3 Å². The number of carbonyl (C=O) groups is 1. The first kappa shape index (κ1) is 25.3. The molecule has 0 aliphatic heterocycles. The van der Waals surface area contributed by atoms with Gasteiger partial charge in [0.05, 0.1) is 23.4 Å². The number of ether oxygens (including phenoxy) is 1. The van der Waals surface area contributed by atoms with Gasteiger partial charge in [0.15, 0.2) is 0 Å². The van der Waals surface area contributed by atoms with E-state index < -0.39 is 22.5 Å². The summed E-state index contributed by atoms with van der Waals surface area (Å²) in [5, 5.41) is 4.44. The predicted octanol–water partition coefficient (Wildman–Crippen LogP) is 4.70. The summed E-state index contributed by atoms with van der Waals surface area (Å²) in [6.45, 7) is 5.06. The molecule has 1 amide bonds. The van der Waals surface area contributed by atoms with Crippen molar-refractivity contribution in [3.8, 4) is 5.75 Å². The first-order chi connectivity index (χ1) is 16.1. The predicted molar refractivity (Wildman–Crippen MR) is 135 cm³/mol. The zero-order valence-electron chi connectivity index (χ0n) is 19.4. The van der Waals surface area contributed by atoms with Crippen LogP contribution in [-0.4, -0.2) is 33.7 Å². The average Bonchev–Trinajstić information content (AvgIpc) is 2.81. The fraction of sp³-hybridized carbons (Fsp3) is 0.200.